The smallest absolute Gasteiger partial charge is 0.284 e. The van der Waals surface area contributed by atoms with E-state index < -0.39 is 0 Å². The number of aromatic nitrogens is 2. The average Bonchev–Trinajstić information content (AvgIpc) is 2.62. The van der Waals surface area contributed by atoms with Gasteiger partial charge in [-0.2, -0.15) is 0 Å². The van der Waals surface area contributed by atoms with Crippen molar-refractivity contribution in [1.82, 2.24) is 10.2 Å². The van der Waals surface area contributed by atoms with E-state index in [0.717, 1.165) is 21.3 Å². The van der Waals surface area contributed by atoms with Crippen molar-refractivity contribution in [2.75, 3.05) is 0 Å². The van der Waals surface area contributed by atoms with Crippen LogP contribution in [-0.4, -0.2) is 10.2 Å². The van der Waals surface area contributed by atoms with Gasteiger partial charge in [0.15, 0.2) is 6.61 Å². The minimum atomic E-state index is 0.257. The van der Waals surface area contributed by atoms with Crippen LogP contribution in [0.2, 0.25) is 0 Å². The molecule has 90 valence electrons. The number of aryl methyl sites for hydroxylation is 2. The van der Waals surface area contributed by atoms with E-state index in [1.807, 2.05) is 26.0 Å². The number of rotatable bonds is 3. The fourth-order valence-corrected chi connectivity index (χ4v) is 2.41. The second-order valence-corrected chi connectivity index (χ2v) is 4.95. The van der Waals surface area contributed by atoms with Gasteiger partial charge in [0.25, 0.3) is 10.7 Å². The number of H-pyrrole nitrogens is 1. The SMILES string of the molecule is Cc1cc(Br)cc(C)c1OCc1n[nH]c(=S)o1. The van der Waals surface area contributed by atoms with Gasteiger partial charge in [0.05, 0.1) is 0 Å². The molecular formula is C11H11BrN2O2S. The number of nitrogens with zero attached hydrogens (tertiary/aromatic N) is 1. The third-order valence-corrected chi connectivity index (χ3v) is 2.88. The summed E-state index contributed by atoms with van der Waals surface area (Å²) in [5.74, 6) is 1.29. The lowest BCUT2D eigenvalue weighted by atomic mass is 10.1. The molecule has 0 bridgehead atoms. The molecule has 0 saturated heterocycles. The van der Waals surface area contributed by atoms with Gasteiger partial charge in [0, 0.05) is 4.47 Å². The molecule has 0 radical (unpaired) electrons. The molecule has 1 aromatic heterocycles. The van der Waals surface area contributed by atoms with Crippen LogP contribution in [0.3, 0.4) is 0 Å². The number of nitrogens with one attached hydrogen (secondary N) is 1. The van der Waals surface area contributed by atoms with Gasteiger partial charge in [-0.3, -0.25) is 0 Å². The zero-order valence-electron chi connectivity index (χ0n) is 9.41. The van der Waals surface area contributed by atoms with E-state index in [9.17, 15) is 0 Å². The van der Waals surface area contributed by atoms with Crippen molar-refractivity contribution in [2.45, 2.75) is 20.5 Å². The first-order chi connectivity index (χ1) is 8.06. The first kappa shape index (κ1) is 12.3. The van der Waals surface area contributed by atoms with Crippen molar-refractivity contribution < 1.29 is 9.15 Å². The Hall–Kier alpha value is -1.14. The maximum absolute atomic E-state index is 5.68. The normalized spacial score (nSPS) is 10.5. The molecule has 0 fully saturated rings. The predicted octanol–water partition coefficient (Wildman–Crippen LogP) is 3.69. The highest BCUT2D eigenvalue weighted by Gasteiger charge is 2.07. The molecule has 4 nitrogen and oxygen atoms in total. The van der Waals surface area contributed by atoms with Gasteiger partial charge >= 0.3 is 0 Å². The topological polar surface area (TPSA) is 51.0 Å². The standard InChI is InChI=1S/C11H11BrN2O2S/c1-6-3-8(12)4-7(2)10(6)15-5-9-13-14-11(17)16-9/h3-4H,5H2,1-2H3,(H,14,17). The summed E-state index contributed by atoms with van der Waals surface area (Å²) in [4.78, 5) is 0.257. The quantitative estimate of drug-likeness (QED) is 0.878. The molecule has 0 atom stereocenters. The molecule has 0 aliphatic heterocycles. The second kappa shape index (κ2) is 5.01. The van der Waals surface area contributed by atoms with Gasteiger partial charge in [-0.25, -0.2) is 5.10 Å². The Labute approximate surface area is 112 Å². The summed E-state index contributed by atoms with van der Waals surface area (Å²) in [6, 6.07) is 4.01. The number of hydrogen-bond donors (Lipinski definition) is 1. The van der Waals surface area contributed by atoms with Crippen molar-refractivity contribution in [3.8, 4) is 5.75 Å². The van der Waals surface area contributed by atoms with E-state index >= 15 is 0 Å². The van der Waals surface area contributed by atoms with Crippen LogP contribution in [0.25, 0.3) is 0 Å². The van der Waals surface area contributed by atoms with Gasteiger partial charge in [-0.15, -0.1) is 5.10 Å². The van der Waals surface area contributed by atoms with Crippen LogP contribution in [0.1, 0.15) is 17.0 Å². The number of ether oxygens (including phenoxy) is 1. The molecule has 2 aromatic rings. The van der Waals surface area contributed by atoms with E-state index in [-0.39, 0.29) is 11.4 Å². The molecular weight excluding hydrogens is 304 g/mol. The van der Waals surface area contributed by atoms with Crippen molar-refractivity contribution in [1.29, 1.82) is 0 Å². The lowest BCUT2D eigenvalue weighted by molar-refractivity contribution is 0.258. The molecule has 17 heavy (non-hydrogen) atoms. The Morgan fingerprint density at radius 2 is 2.06 bits per heavy atom. The minimum absolute atomic E-state index is 0.257. The van der Waals surface area contributed by atoms with E-state index in [1.165, 1.54) is 0 Å². The Balaban J connectivity index is 2.16. The maximum atomic E-state index is 5.68. The van der Waals surface area contributed by atoms with Crippen molar-refractivity contribution >= 4 is 28.1 Å². The second-order valence-electron chi connectivity index (χ2n) is 3.66. The average molecular weight is 315 g/mol. The van der Waals surface area contributed by atoms with Crippen LogP contribution in [0, 0.1) is 18.7 Å². The summed E-state index contributed by atoms with van der Waals surface area (Å²) in [6.07, 6.45) is 0. The number of aromatic amines is 1. The summed E-state index contributed by atoms with van der Waals surface area (Å²) in [5, 5.41) is 6.43. The van der Waals surface area contributed by atoms with Crippen molar-refractivity contribution in [3.63, 3.8) is 0 Å². The Kier molecular flexibility index (Phi) is 3.63. The maximum Gasteiger partial charge on any atom is 0.284 e. The third kappa shape index (κ3) is 2.95. The molecule has 6 heteroatoms. The molecule has 0 saturated carbocycles. The lowest BCUT2D eigenvalue weighted by Crippen LogP contribution is -1.99. The monoisotopic (exact) mass is 314 g/mol. The summed E-state index contributed by atoms with van der Waals surface area (Å²) in [5.41, 5.74) is 2.12. The van der Waals surface area contributed by atoms with Gasteiger partial charge in [0.1, 0.15) is 5.75 Å². The lowest BCUT2D eigenvalue weighted by Gasteiger charge is -2.10. The van der Waals surface area contributed by atoms with Gasteiger partial charge < -0.3 is 9.15 Å². The molecule has 1 N–H and O–H groups in total. The largest absolute Gasteiger partial charge is 0.483 e. The van der Waals surface area contributed by atoms with E-state index in [0.29, 0.717) is 5.89 Å². The van der Waals surface area contributed by atoms with E-state index in [4.69, 9.17) is 21.4 Å². The molecule has 2 rings (SSSR count). The highest BCUT2D eigenvalue weighted by molar-refractivity contribution is 9.10. The number of hydrogen-bond acceptors (Lipinski definition) is 4. The zero-order chi connectivity index (χ0) is 12.4. The Morgan fingerprint density at radius 3 is 2.59 bits per heavy atom. The van der Waals surface area contributed by atoms with E-state index in [1.54, 1.807) is 0 Å². The van der Waals surface area contributed by atoms with Crippen LogP contribution in [-0.2, 0) is 6.61 Å². The van der Waals surface area contributed by atoms with E-state index in [2.05, 4.69) is 26.1 Å². The predicted molar refractivity (Wildman–Crippen MR) is 69.6 cm³/mol. The Bertz CT molecular complexity index is 568. The van der Waals surface area contributed by atoms with Crippen molar-refractivity contribution in [3.05, 3.63) is 38.5 Å². The molecule has 0 aliphatic carbocycles. The van der Waals surface area contributed by atoms with Gasteiger partial charge in [0.2, 0.25) is 0 Å². The van der Waals surface area contributed by atoms with Crippen LogP contribution >= 0.6 is 28.1 Å². The molecule has 0 spiro atoms. The molecule has 1 aromatic carbocycles. The van der Waals surface area contributed by atoms with Crippen LogP contribution < -0.4 is 4.74 Å². The molecule has 0 amide bonds. The van der Waals surface area contributed by atoms with Gasteiger partial charge in [-0.1, -0.05) is 15.9 Å². The van der Waals surface area contributed by atoms with Gasteiger partial charge in [-0.05, 0) is 49.3 Å². The molecule has 0 unspecified atom stereocenters. The van der Waals surface area contributed by atoms with Crippen LogP contribution in [0.15, 0.2) is 21.0 Å². The highest BCUT2D eigenvalue weighted by atomic mass is 79.9. The fraction of sp³-hybridized carbons (Fsp3) is 0.273. The van der Waals surface area contributed by atoms with Crippen LogP contribution in [0.5, 0.6) is 5.75 Å². The Morgan fingerprint density at radius 1 is 1.41 bits per heavy atom. The number of benzene rings is 1. The highest BCUT2D eigenvalue weighted by Crippen LogP contribution is 2.27. The van der Waals surface area contributed by atoms with Crippen LogP contribution in [0.4, 0.5) is 0 Å². The summed E-state index contributed by atoms with van der Waals surface area (Å²) < 4.78 is 11.8. The molecule has 0 aliphatic rings. The summed E-state index contributed by atoms with van der Waals surface area (Å²) >= 11 is 8.23. The summed E-state index contributed by atoms with van der Waals surface area (Å²) in [6.45, 7) is 4.25. The molecule has 1 heterocycles. The number of halogens is 1. The third-order valence-electron chi connectivity index (χ3n) is 2.25. The summed E-state index contributed by atoms with van der Waals surface area (Å²) in [7, 11) is 0. The minimum Gasteiger partial charge on any atom is -0.483 e. The zero-order valence-corrected chi connectivity index (χ0v) is 11.8. The van der Waals surface area contributed by atoms with Crippen molar-refractivity contribution in [2.24, 2.45) is 0 Å². The first-order valence-electron chi connectivity index (χ1n) is 5.00. The fourth-order valence-electron chi connectivity index (χ4n) is 1.58. The first-order valence-corrected chi connectivity index (χ1v) is 6.20.